The van der Waals surface area contributed by atoms with Crippen molar-refractivity contribution in [1.82, 2.24) is 0 Å². The minimum absolute atomic E-state index is 0.750. The molecule has 0 amide bonds. The third-order valence-electron chi connectivity index (χ3n) is 0.158. The van der Waals surface area contributed by atoms with E-state index in [9.17, 15) is 0 Å². The van der Waals surface area contributed by atoms with Gasteiger partial charge in [0.25, 0.3) is 0 Å². The van der Waals surface area contributed by atoms with E-state index < -0.39 is 0 Å². The van der Waals surface area contributed by atoms with Gasteiger partial charge in [-0.25, -0.2) is 6.57 Å². The van der Waals surface area contributed by atoms with Crippen LogP contribution in [0.4, 0.5) is 0 Å². The summed E-state index contributed by atoms with van der Waals surface area (Å²) in [6, 6.07) is 0. The predicted octanol–water partition coefficient (Wildman–Crippen LogP) is -0.771. The largest absolute Gasteiger partial charge is 0.323 e. The first-order chi connectivity index (χ1) is 1.91. The van der Waals surface area contributed by atoms with Crippen LogP contribution in [0.2, 0.25) is 0 Å². The second-order valence-corrected chi connectivity index (χ2v) is 1.11. The zero-order chi connectivity index (χ0) is 3.41. The Labute approximate surface area is 28.9 Å². The van der Waals surface area contributed by atoms with Crippen molar-refractivity contribution < 1.29 is 0 Å². The lowest BCUT2D eigenvalue weighted by Crippen LogP contribution is -1.61. The fourth-order valence-corrected chi connectivity index (χ4v) is 0. The van der Waals surface area contributed by atoms with Gasteiger partial charge in [-0.1, -0.05) is 0 Å². The average molecular weight is 71.2 g/mol. The summed E-state index contributed by atoms with van der Waals surface area (Å²) in [5, 5.41) is 0. The van der Waals surface area contributed by atoms with Crippen LogP contribution in [0.1, 0.15) is 0 Å². The van der Waals surface area contributed by atoms with E-state index in [1.54, 1.807) is 0 Å². The van der Waals surface area contributed by atoms with Crippen molar-refractivity contribution in [3.8, 4) is 0 Å². The molecule has 0 N–H and O–H groups in total. The molecule has 2 heteroatoms. The minimum Gasteiger partial charge on any atom is -0.323 e. The van der Waals surface area contributed by atoms with Crippen LogP contribution in [0.15, 0.2) is 0 Å². The van der Waals surface area contributed by atoms with Crippen molar-refractivity contribution in [2.45, 2.75) is 0 Å². The quantitative estimate of drug-likeness (QED) is 0.261. The van der Waals surface area contributed by atoms with Crippen LogP contribution < -0.4 is 0 Å². The molecule has 0 aliphatic rings. The first-order valence-electron chi connectivity index (χ1n) is 1.25. The molecule has 0 aliphatic heterocycles. The summed E-state index contributed by atoms with van der Waals surface area (Å²) in [6.45, 7) is 6.11. The highest BCUT2D eigenvalue weighted by molar-refractivity contribution is 6.09. The van der Waals surface area contributed by atoms with E-state index in [4.69, 9.17) is 6.57 Å². The molecule has 0 aromatic rings. The van der Waals surface area contributed by atoms with E-state index in [0.717, 1.165) is 16.4 Å². The molecule has 0 saturated carbocycles. The number of hydrogen-bond donors (Lipinski definition) is 0. The normalized spacial score (nSPS) is 5.75. The average Bonchev–Trinajstić information content (AvgIpc) is 1.37. The van der Waals surface area contributed by atoms with Crippen LogP contribution in [0.3, 0.4) is 0 Å². The van der Waals surface area contributed by atoms with E-state index in [-0.39, 0.29) is 0 Å². The van der Waals surface area contributed by atoms with Crippen molar-refractivity contribution in [3.63, 3.8) is 0 Å². The van der Waals surface area contributed by atoms with Gasteiger partial charge in [-0.15, -0.1) is 0 Å². The zero-order valence-electron chi connectivity index (χ0n) is 2.65. The van der Waals surface area contributed by atoms with Gasteiger partial charge < -0.3 is 4.85 Å². The highest BCUT2D eigenvalue weighted by atomic mass is 28.1. The van der Waals surface area contributed by atoms with E-state index in [1.807, 2.05) is 0 Å². The van der Waals surface area contributed by atoms with Gasteiger partial charge in [0, 0.05) is 0 Å². The summed E-state index contributed by atoms with van der Waals surface area (Å²) in [5.41, 5.74) is 0. The molecule has 0 heterocycles. The van der Waals surface area contributed by atoms with Gasteiger partial charge in [-0.05, 0) is 0 Å². The highest BCUT2D eigenvalue weighted by Crippen LogP contribution is 1.44. The molecule has 1 nitrogen and oxygen atoms in total. The van der Waals surface area contributed by atoms with E-state index in [2.05, 4.69) is 4.85 Å². The smallest absolute Gasteiger partial charge is 0.184 e. The monoisotopic (exact) mass is 71.0 g/mol. The number of nitrogens with zero attached hydrogens (tertiary/aromatic N) is 1. The maximum Gasteiger partial charge on any atom is 0.184 e. The fourth-order valence-electron chi connectivity index (χ4n) is 0. The second kappa shape index (κ2) is 2.71. The first-order valence-corrected chi connectivity index (χ1v) is 2.66. The van der Waals surface area contributed by atoms with Crippen LogP contribution in [-0.4, -0.2) is 16.4 Å². The Balaban J connectivity index is 2.43. The fraction of sp³-hybridized carbons (Fsp3) is 0.500. The van der Waals surface area contributed by atoms with Crippen molar-refractivity contribution in [1.29, 1.82) is 0 Å². The molecule has 22 valence electrons. The zero-order valence-corrected chi connectivity index (χ0v) is 4.65. The van der Waals surface area contributed by atoms with Crippen LogP contribution in [0.25, 0.3) is 4.85 Å². The molecule has 0 bridgehead atoms. The summed E-state index contributed by atoms with van der Waals surface area (Å²) >= 11 is 0. The van der Waals surface area contributed by atoms with Crippen molar-refractivity contribution in [3.05, 3.63) is 11.4 Å². The lowest BCUT2D eigenvalue weighted by molar-refractivity contribution is 1.77. The molecule has 0 fully saturated rings. The maximum absolute atomic E-state index is 6.11. The summed E-state index contributed by atoms with van der Waals surface area (Å²) in [5.74, 6) is 0. The molecule has 0 spiro atoms. The van der Waals surface area contributed by atoms with Gasteiger partial charge in [0.2, 0.25) is 0 Å². The summed E-state index contributed by atoms with van der Waals surface area (Å²) in [4.78, 5) is 3.05. The molecule has 0 rings (SSSR count). The Kier molecular flexibility index (Phi) is 2.51. The number of hydrogen-bond acceptors (Lipinski definition) is 0. The second-order valence-electron chi connectivity index (χ2n) is 0.474. The summed E-state index contributed by atoms with van der Waals surface area (Å²) < 4.78 is 0. The van der Waals surface area contributed by atoms with Crippen LogP contribution in [-0.2, 0) is 0 Å². The molecule has 0 aliphatic carbocycles. The SMILES string of the molecule is [C-]#[N+]C[SiH3]. The lowest BCUT2D eigenvalue weighted by Gasteiger charge is -1.51. The Hall–Kier alpha value is -0.293. The van der Waals surface area contributed by atoms with Gasteiger partial charge in [-0.3, -0.25) is 0 Å². The Bertz CT molecular complexity index is 35.8. The molecule has 0 radical (unpaired) electrons. The minimum atomic E-state index is 0.750. The Morgan fingerprint density at radius 3 is 2.25 bits per heavy atom. The van der Waals surface area contributed by atoms with Crippen molar-refractivity contribution >= 4 is 10.2 Å². The molecule has 0 unspecified atom stereocenters. The van der Waals surface area contributed by atoms with Crippen LogP contribution in [0, 0.1) is 6.57 Å². The Morgan fingerprint density at radius 2 is 2.25 bits per heavy atom. The van der Waals surface area contributed by atoms with Gasteiger partial charge in [0.1, 0.15) is 10.2 Å². The maximum atomic E-state index is 6.11. The Morgan fingerprint density at radius 1 is 2.00 bits per heavy atom. The van der Waals surface area contributed by atoms with Gasteiger partial charge in [0.15, 0.2) is 6.17 Å². The summed E-state index contributed by atoms with van der Waals surface area (Å²) in [7, 11) is 1.04. The third kappa shape index (κ3) is 1.71. The topological polar surface area (TPSA) is 4.36 Å². The molecular formula is C2H5NSi. The number of rotatable bonds is 0. The lowest BCUT2D eigenvalue weighted by atomic mass is 11.4. The molecule has 0 aromatic heterocycles. The van der Waals surface area contributed by atoms with Crippen LogP contribution in [0.5, 0.6) is 0 Å². The van der Waals surface area contributed by atoms with E-state index in [1.165, 1.54) is 0 Å². The molecule has 0 saturated heterocycles. The standard InChI is InChI=1S/C2H5NSi/c1-3-2-4/h2H2,4H3. The van der Waals surface area contributed by atoms with Crippen molar-refractivity contribution in [2.75, 3.05) is 6.17 Å². The van der Waals surface area contributed by atoms with Gasteiger partial charge in [-0.2, -0.15) is 0 Å². The van der Waals surface area contributed by atoms with Gasteiger partial charge in [0.05, 0.1) is 0 Å². The third-order valence-corrected chi connectivity index (χ3v) is 0.474. The van der Waals surface area contributed by atoms with Crippen LogP contribution >= 0.6 is 0 Å². The highest BCUT2D eigenvalue weighted by Gasteiger charge is 1.51. The van der Waals surface area contributed by atoms with Crippen molar-refractivity contribution in [2.24, 2.45) is 0 Å². The van der Waals surface area contributed by atoms with E-state index in [0.29, 0.717) is 0 Å². The molecular weight excluding hydrogens is 66.1 g/mol. The first kappa shape index (κ1) is 3.71. The molecule has 0 aromatic carbocycles. The molecule has 0 atom stereocenters. The molecule has 4 heavy (non-hydrogen) atoms. The predicted molar refractivity (Wildman–Crippen MR) is 21.4 cm³/mol. The summed E-state index contributed by atoms with van der Waals surface area (Å²) in [6.07, 6.45) is 0.750. The van der Waals surface area contributed by atoms with Gasteiger partial charge >= 0.3 is 0 Å². The van der Waals surface area contributed by atoms with E-state index >= 15 is 0 Å².